The van der Waals surface area contributed by atoms with Crippen molar-refractivity contribution in [3.63, 3.8) is 0 Å². The fraction of sp³-hybridized carbons (Fsp3) is 0.292. The van der Waals surface area contributed by atoms with E-state index in [1.807, 2.05) is 35.2 Å². The molecule has 0 spiro atoms. The maximum absolute atomic E-state index is 13.5. The zero-order valence-corrected chi connectivity index (χ0v) is 17.0. The van der Waals surface area contributed by atoms with Gasteiger partial charge in [-0.15, -0.1) is 0 Å². The van der Waals surface area contributed by atoms with E-state index in [1.165, 1.54) is 12.3 Å². The average Bonchev–Trinajstić information content (AvgIpc) is 3.30. The summed E-state index contributed by atoms with van der Waals surface area (Å²) in [5, 5.41) is 0. The highest BCUT2D eigenvalue weighted by molar-refractivity contribution is 6.04. The van der Waals surface area contributed by atoms with Gasteiger partial charge in [0.25, 0.3) is 5.91 Å². The molecule has 5 nitrogen and oxygen atoms in total. The molecule has 1 saturated heterocycles. The molecule has 2 aromatic carbocycles. The van der Waals surface area contributed by atoms with Crippen LogP contribution in [0.25, 0.3) is 0 Å². The normalized spacial score (nSPS) is 15.1. The van der Waals surface area contributed by atoms with Gasteiger partial charge in [0.15, 0.2) is 5.76 Å². The highest BCUT2D eigenvalue weighted by Crippen LogP contribution is 2.29. The molecule has 1 aliphatic rings. The van der Waals surface area contributed by atoms with Crippen molar-refractivity contribution in [1.82, 2.24) is 4.90 Å². The molecule has 0 atom stereocenters. The van der Waals surface area contributed by atoms with Crippen LogP contribution in [0.15, 0.2) is 71.3 Å². The molecule has 0 bridgehead atoms. The number of methoxy groups -OCH3 is 1. The van der Waals surface area contributed by atoms with Gasteiger partial charge in [-0.3, -0.25) is 9.69 Å². The van der Waals surface area contributed by atoms with Crippen molar-refractivity contribution in [1.29, 1.82) is 0 Å². The molecule has 0 N–H and O–H groups in total. The van der Waals surface area contributed by atoms with Crippen LogP contribution in [0.1, 0.15) is 29.0 Å². The highest BCUT2D eigenvalue weighted by Gasteiger charge is 2.31. The second-order valence-electron chi connectivity index (χ2n) is 7.49. The second-order valence-corrected chi connectivity index (χ2v) is 7.49. The first-order valence-electron chi connectivity index (χ1n) is 10.1. The van der Waals surface area contributed by atoms with Gasteiger partial charge in [0.2, 0.25) is 0 Å². The molecular weight excluding hydrogens is 383 g/mol. The molecule has 156 valence electrons. The summed E-state index contributed by atoms with van der Waals surface area (Å²) in [5.74, 6) is 0.653. The van der Waals surface area contributed by atoms with Gasteiger partial charge in [-0.25, -0.2) is 4.39 Å². The van der Waals surface area contributed by atoms with Crippen molar-refractivity contribution >= 4 is 11.6 Å². The lowest BCUT2D eigenvalue weighted by atomic mass is 10.0. The number of furan rings is 1. The van der Waals surface area contributed by atoms with Crippen molar-refractivity contribution in [2.75, 3.05) is 25.1 Å². The number of halogens is 1. The summed E-state index contributed by atoms with van der Waals surface area (Å²) in [7, 11) is 1.61. The van der Waals surface area contributed by atoms with Crippen LogP contribution < -0.4 is 9.64 Å². The number of anilines is 1. The summed E-state index contributed by atoms with van der Waals surface area (Å²) in [6, 6.07) is 17.7. The topological polar surface area (TPSA) is 45.9 Å². The molecule has 1 fully saturated rings. The third-order valence-electron chi connectivity index (χ3n) is 5.50. The van der Waals surface area contributed by atoms with E-state index in [4.69, 9.17) is 9.15 Å². The number of hydrogen-bond acceptors (Lipinski definition) is 4. The van der Waals surface area contributed by atoms with E-state index in [9.17, 15) is 9.18 Å². The van der Waals surface area contributed by atoms with E-state index in [0.717, 1.165) is 37.2 Å². The zero-order chi connectivity index (χ0) is 20.9. The third-order valence-corrected chi connectivity index (χ3v) is 5.50. The van der Waals surface area contributed by atoms with Crippen LogP contribution in [0, 0.1) is 5.82 Å². The number of piperidine rings is 1. The van der Waals surface area contributed by atoms with Crippen molar-refractivity contribution in [3.05, 3.63) is 84.1 Å². The van der Waals surface area contributed by atoms with Crippen LogP contribution in [0.5, 0.6) is 5.75 Å². The Bertz CT molecular complexity index is 982. The number of rotatable bonds is 6. The van der Waals surface area contributed by atoms with Gasteiger partial charge >= 0.3 is 0 Å². The fourth-order valence-corrected chi connectivity index (χ4v) is 4.00. The molecule has 1 amide bonds. The van der Waals surface area contributed by atoms with Gasteiger partial charge < -0.3 is 14.1 Å². The van der Waals surface area contributed by atoms with Gasteiger partial charge in [0.05, 0.1) is 13.4 Å². The van der Waals surface area contributed by atoms with Crippen molar-refractivity contribution < 1.29 is 18.3 Å². The minimum atomic E-state index is -0.212. The number of amides is 1. The van der Waals surface area contributed by atoms with Crippen molar-refractivity contribution in [2.24, 2.45) is 0 Å². The van der Waals surface area contributed by atoms with Gasteiger partial charge in [-0.05, 0) is 54.8 Å². The summed E-state index contributed by atoms with van der Waals surface area (Å²) in [5.41, 5.74) is 1.75. The van der Waals surface area contributed by atoms with E-state index in [2.05, 4.69) is 4.90 Å². The maximum Gasteiger partial charge on any atom is 0.294 e. The second kappa shape index (κ2) is 9.13. The fourth-order valence-electron chi connectivity index (χ4n) is 4.00. The first-order chi connectivity index (χ1) is 14.6. The minimum Gasteiger partial charge on any atom is -0.497 e. The van der Waals surface area contributed by atoms with E-state index in [-0.39, 0.29) is 17.8 Å². The molecule has 2 heterocycles. The number of benzene rings is 2. The van der Waals surface area contributed by atoms with E-state index in [0.29, 0.717) is 18.1 Å². The number of hydrogen-bond donors (Lipinski definition) is 0. The predicted molar refractivity (Wildman–Crippen MR) is 113 cm³/mol. The Labute approximate surface area is 175 Å². The number of likely N-dealkylation sites (tertiary alicyclic amines) is 1. The number of nitrogens with zero attached hydrogens (tertiary/aromatic N) is 2. The smallest absolute Gasteiger partial charge is 0.294 e. The zero-order valence-electron chi connectivity index (χ0n) is 17.0. The molecule has 3 aromatic rings. The van der Waals surface area contributed by atoms with Gasteiger partial charge in [0.1, 0.15) is 11.6 Å². The van der Waals surface area contributed by atoms with Gasteiger partial charge in [0, 0.05) is 37.4 Å². The highest BCUT2D eigenvalue weighted by atomic mass is 19.1. The van der Waals surface area contributed by atoms with Crippen LogP contribution in [-0.2, 0) is 6.54 Å². The Morgan fingerprint density at radius 2 is 1.93 bits per heavy atom. The SMILES string of the molecule is COc1cccc(N(C(=O)c2ccco2)C2CCN(Cc3cccc(F)c3)CC2)c1. The monoisotopic (exact) mass is 408 g/mol. The Morgan fingerprint density at radius 3 is 2.63 bits per heavy atom. The number of carbonyl (C=O) groups is 1. The van der Waals surface area contributed by atoms with Gasteiger partial charge in [-0.2, -0.15) is 0 Å². The minimum absolute atomic E-state index is 0.0402. The summed E-state index contributed by atoms with van der Waals surface area (Å²) < 4.78 is 24.2. The van der Waals surface area contributed by atoms with Crippen molar-refractivity contribution in [2.45, 2.75) is 25.4 Å². The molecule has 1 aliphatic heterocycles. The summed E-state index contributed by atoms with van der Waals surface area (Å²) in [4.78, 5) is 17.4. The molecule has 1 aromatic heterocycles. The molecule has 0 radical (unpaired) electrons. The molecular formula is C24H25FN2O3. The summed E-state index contributed by atoms with van der Waals surface area (Å²) in [6.45, 7) is 2.36. The summed E-state index contributed by atoms with van der Waals surface area (Å²) in [6.07, 6.45) is 3.15. The number of carbonyl (C=O) groups excluding carboxylic acids is 1. The van der Waals surface area contributed by atoms with Crippen LogP contribution >= 0.6 is 0 Å². The first-order valence-corrected chi connectivity index (χ1v) is 10.1. The lowest BCUT2D eigenvalue weighted by molar-refractivity contribution is 0.0931. The molecule has 0 aliphatic carbocycles. The van der Waals surface area contributed by atoms with Crippen LogP contribution in [0.4, 0.5) is 10.1 Å². The van der Waals surface area contributed by atoms with E-state index < -0.39 is 0 Å². The molecule has 30 heavy (non-hydrogen) atoms. The standard InChI is InChI=1S/C24H25FN2O3/c1-29-22-8-3-7-21(16-22)27(24(28)23-9-4-14-30-23)20-10-12-26(13-11-20)17-18-5-2-6-19(25)15-18/h2-9,14-16,20H,10-13,17H2,1H3. The lowest BCUT2D eigenvalue weighted by Gasteiger charge is -2.38. The maximum atomic E-state index is 13.5. The molecule has 0 unspecified atom stereocenters. The molecule has 0 saturated carbocycles. The van der Waals surface area contributed by atoms with E-state index >= 15 is 0 Å². The summed E-state index contributed by atoms with van der Waals surface area (Å²) >= 11 is 0. The number of ether oxygens (including phenoxy) is 1. The van der Waals surface area contributed by atoms with Crippen LogP contribution in [0.2, 0.25) is 0 Å². The first kappa shape index (κ1) is 20.2. The predicted octanol–water partition coefficient (Wildman–Crippen LogP) is 4.74. The average molecular weight is 408 g/mol. The molecule has 6 heteroatoms. The quantitative estimate of drug-likeness (QED) is 0.591. The van der Waals surface area contributed by atoms with Crippen molar-refractivity contribution in [3.8, 4) is 5.75 Å². The van der Waals surface area contributed by atoms with Crippen LogP contribution in [0.3, 0.4) is 0 Å². The lowest BCUT2D eigenvalue weighted by Crippen LogP contribution is -2.47. The largest absolute Gasteiger partial charge is 0.497 e. The molecule has 4 rings (SSSR count). The Hall–Kier alpha value is -3.12. The van der Waals surface area contributed by atoms with Crippen LogP contribution in [-0.4, -0.2) is 37.0 Å². The Balaban J connectivity index is 1.51. The van der Waals surface area contributed by atoms with E-state index in [1.54, 1.807) is 31.4 Å². The Morgan fingerprint density at radius 1 is 1.13 bits per heavy atom. The Kier molecular flexibility index (Phi) is 6.14. The van der Waals surface area contributed by atoms with Gasteiger partial charge in [-0.1, -0.05) is 18.2 Å². The third kappa shape index (κ3) is 4.54.